The van der Waals surface area contributed by atoms with E-state index in [4.69, 9.17) is 0 Å². The number of benzene rings is 1. The van der Waals surface area contributed by atoms with Crippen LogP contribution in [0.4, 0.5) is 5.13 Å². The summed E-state index contributed by atoms with van der Waals surface area (Å²) >= 11 is 3.09. The van der Waals surface area contributed by atoms with Crippen LogP contribution < -0.4 is 5.32 Å². The lowest BCUT2D eigenvalue weighted by molar-refractivity contribution is -0.113. The lowest BCUT2D eigenvalue weighted by Gasteiger charge is -2.05. The predicted molar refractivity (Wildman–Crippen MR) is 94.5 cm³/mol. The van der Waals surface area contributed by atoms with Crippen LogP contribution in [0.25, 0.3) is 0 Å². The van der Waals surface area contributed by atoms with Gasteiger partial charge in [0.25, 0.3) is 0 Å². The number of hydrogen-bond acceptors (Lipinski definition) is 5. The number of anilines is 1. The molecule has 0 unspecified atom stereocenters. The van der Waals surface area contributed by atoms with Gasteiger partial charge in [0.15, 0.2) is 0 Å². The molecule has 0 aliphatic carbocycles. The molecule has 0 bridgehead atoms. The van der Waals surface area contributed by atoms with E-state index < -0.39 is 0 Å². The molecule has 118 valence electrons. The van der Waals surface area contributed by atoms with Gasteiger partial charge in [-0.2, -0.15) is 0 Å². The zero-order valence-electron chi connectivity index (χ0n) is 12.9. The predicted octanol–water partition coefficient (Wildman–Crippen LogP) is 4.31. The first-order valence-electron chi connectivity index (χ1n) is 7.47. The largest absolute Gasteiger partial charge is 0.300 e. The maximum atomic E-state index is 11.9. The highest BCUT2D eigenvalue weighted by Gasteiger charge is 2.14. The number of thioether (sulfide) groups is 1. The number of aromatic nitrogens is 2. The van der Waals surface area contributed by atoms with E-state index >= 15 is 0 Å². The molecule has 1 heterocycles. The fourth-order valence-corrected chi connectivity index (χ4v) is 3.89. The molecule has 0 saturated heterocycles. The molecule has 6 heteroatoms. The number of rotatable bonds is 8. The molecule has 0 aliphatic rings. The lowest BCUT2D eigenvalue weighted by Crippen LogP contribution is -2.13. The van der Waals surface area contributed by atoms with Crippen molar-refractivity contribution in [3.63, 3.8) is 0 Å². The van der Waals surface area contributed by atoms with E-state index in [1.807, 2.05) is 18.2 Å². The number of amides is 1. The summed E-state index contributed by atoms with van der Waals surface area (Å²) in [5.41, 5.74) is 1.23. The van der Waals surface area contributed by atoms with Crippen molar-refractivity contribution in [2.45, 2.75) is 38.4 Å². The Labute approximate surface area is 139 Å². The number of carbonyl (C=O) groups is 1. The van der Waals surface area contributed by atoms with Crippen LogP contribution in [0.2, 0.25) is 0 Å². The Bertz CT molecular complexity index is 582. The van der Waals surface area contributed by atoms with Gasteiger partial charge in [0, 0.05) is 11.7 Å². The fraction of sp³-hybridized carbons (Fsp3) is 0.438. The first-order valence-corrected chi connectivity index (χ1v) is 9.45. The Morgan fingerprint density at radius 3 is 2.64 bits per heavy atom. The average Bonchev–Trinajstić information content (AvgIpc) is 2.98. The second-order valence-electron chi connectivity index (χ2n) is 4.99. The first-order chi connectivity index (χ1) is 10.7. The Hall–Kier alpha value is -1.40. The lowest BCUT2D eigenvalue weighted by atomic mass is 10.1. The Balaban J connectivity index is 1.77. The molecule has 1 aromatic carbocycles. The molecule has 0 fully saturated rings. The van der Waals surface area contributed by atoms with Gasteiger partial charge < -0.3 is 0 Å². The van der Waals surface area contributed by atoms with E-state index in [9.17, 15) is 4.79 Å². The zero-order chi connectivity index (χ0) is 15.8. The van der Waals surface area contributed by atoms with Crippen molar-refractivity contribution in [2.75, 3.05) is 11.1 Å². The maximum absolute atomic E-state index is 11.9. The maximum Gasteiger partial charge on any atom is 0.236 e. The number of nitrogens with one attached hydrogen (secondary N) is 1. The summed E-state index contributed by atoms with van der Waals surface area (Å²) in [6, 6.07) is 10.1. The highest BCUT2D eigenvalue weighted by Crippen LogP contribution is 2.28. The Morgan fingerprint density at radius 2 is 1.95 bits per heavy atom. The Kier molecular flexibility index (Phi) is 6.86. The van der Waals surface area contributed by atoms with Crippen molar-refractivity contribution in [3.8, 4) is 0 Å². The smallest absolute Gasteiger partial charge is 0.236 e. The fourth-order valence-electron chi connectivity index (χ4n) is 2.08. The van der Waals surface area contributed by atoms with Gasteiger partial charge >= 0.3 is 0 Å². The second kappa shape index (κ2) is 8.90. The highest BCUT2D eigenvalue weighted by atomic mass is 32.2. The summed E-state index contributed by atoms with van der Waals surface area (Å²) in [6.45, 7) is 4.29. The van der Waals surface area contributed by atoms with Crippen molar-refractivity contribution < 1.29 is 4.79 Å². The van der Waals surface area contributed by atoms with E-state index in [1.165, 1.54) is 16.9 Å². The summed E-state index contributed by atoms with van der Waals surface area (Å²) < 4.78 is 0. The molecule has 1 amide bonds. The summed E-state index contributed by atoms with van der Waals surface area (Å²) in [4.78, 5) is 11.9. The Morgan fingerprint density at radius 1 is 1.23 bits per heavy atom. The van der Waals surface area contributed by atoms with Crippen molar-refractivity contribution in [2.24, 2.45) is 0 Å². The minimum Gasteiger partial charge on any atom is -0.300 e. The minimum atomic E-state index is -0.0202. The van der Waals surface area contributed by atoms with Gasteiger partial charge in [0.2, 0.25) is 11.0 Å². The summed E-state index contributed by atoms with van der Waals surface area (Å²) in [5, 5.41) is 12.7. The molecule has 1 aromatic heterocycles. The van der Waals surface area contributed by atoms with E-state index in [2.05, 4.69) is 41.5 Å². The van der Waals surface area contributed by atoms with Gasteiger partial charge in [-0.1, -0.05) is 55.5 Å². The van der Waals surface area contributed by atoms with Gasteiger partial charge in [0.1, 0.15) is 5.01 Å². The third-order valence-corrected chi connectivity index (χ3v) is 5.37. The number of carbonyl (C=O) groups excluding carboxylic acids is 1. The van der Waals surface area contributed by atoms with Crippen LogP contribution in [-0.2, 0) is 10.5 Å². The van der Waals surface area contributed by atoms with Crippen LogP contribution in [0.5, 0.6) is 0 Å². The molecule has 2 aromatic rings. The summed E-state index contributed by atoms with van der Waals surface area (Å²) in [6.07, 6.45) is 2.10. The highest BCUT2D eigenvalue weighted by molar-refractivity contribution is 7.99. The minimum absolute atomic E-state index is 0.0202. The third-order valence-electron chi connectivity index (χ3n) is 3.37. The molecule has 1 N–H and O–H groups in total. The molecule has 0 aliphatic heterocycles. The zero-order valence-corrected chi connectivity index (χ0v) is 14.5. The van der Waals surface area contributed by atoms with Crippen LogP contribution in [0.3, 0.4) is 0 Å². The van der Waals surface area contributed by atoms with Gasteiger partial charge in [-0.05, 0) is 18.4 Å². The topological polar surface area (TPSA) is 54.9 Å². The van der Waals surface area contributed by atoms with Crippen LogP contribution in [-0.4, -0.2) is 21.9 Å². The van der Waals surface area contributed by atoms with Crippen molar-refractivity contribution in [3.05, 3.63) is 40.9 Å². The molecule has 2 rings (SSSR count). The molecule has 0 radical (unpaired) electrons. The average molecular weight is 335 g/mol. The van der Waals surface area contributed by atoms with Crippen molar-refractivity contribution in [1.29, 1.82) is 0 Å². The molecule has 4 nitrogen and oxygen atoms in total. The quantitative estimate of drug-likeness (QED) is 0.781. The number of hydrogen-bond donors (Lipinski definition) is 1. The van der Waals surface area contributed by atoms with Crippen LogP contribution in [0.1, 0.15) is 43.2 Å². The monoisotopic (exact) mass is 335 g/mol. The van der Waals surface area contributed by atoms with Gasteiger partial charge in [0.05, 0.1) is 5.75 Å². The van der Waals surface area contributed by atoms with Crippen LogP contribution in [0.15, 0.2) is 30.3 Å². The van der Waals surface area contributed by atoms with E-state index in [0.717, 1.165) is 23.6 Å². The van der Waals surface area contributed by atoms with E-state index in [1.54, 1.807) is 11.8 Å². The van der Waals surface area contributed by atoms with Crippen LogP contribution in [0, 0.1) is 0 Å². The summed E-state index contributed by atoms with van der Waals surface area (Å²) in [7, 11) is 0. The molecule has 0 atom stereocenters. The SMILES string of the molecule is CCC(CC)c1nnc(NC(=O)CSCc2ccccc2)s1. The molecule has 22 heavy (non-hydrogen) atoms. The van der Waals surface area contributed by atoms with Crippen molar-refractivity contribution >= 4 is 34.1 Å². The normalized spacial score (nSPS) is 10.9. The van der Waals surface area contributed by atoms with E-state index in [0.29, 0.717) is 16.8 Å². The molecular weight excluding hydrogens is 314 g/mol. The van der Waals surface area contributed by atoms with Crippen LogP contribution >= 0.6 is 23.1 Å². The van der Waals surface area contributed by atoms with Crippen molar-refractivity contribution in [1.82, 2.24) is 10.2 Å². The summed E-state index contributed by atoms with van der Waals surface area (Å²) in [5.74, 6) is 1.68. The first kappa shape index (κ1) is 17.0. The molecule has 0 spiro atoms. The molecule has 0 saturated carbocycles. The van der Waals surface area contributed by atoms with Gasteiger partial charge in [-0.25, -0.2) is 0 Å². The van der Waals surface area contributed by atoms with Gasteiger partial charge in [-0.15, -0.1) is 22.0 Å². The van der Waals surface area contributed by atoms with E-state index in [-0.39, 0.29) is 5.91 Å². The standard InChI is InChI=1S/C16H21N3OS2/c1-3-13(4-2)15-18-19-16(22-15)17-14(20)11-21-10-12-8-6-5-7-9-12/h5-9,13H,3-4,10-11H2,1-2H3,(H,17,19,20). The second-order valence-corrected chi connectivity index (χ2v) is 6.98. The third kappa shape index (κ3) is 5.10. The molecular formula is C16H21N3OS2. The number of nitrogens with zero attached hydrogens (tertiary/aromatic N) is 2. The van der Waals surface area contributed by atoms with Gasteiger partial charge in [-0.3, -0.25) is 10.1 Å².